The summed E-state index contributed by atoms with van der Waals surface area (Å²) >= 11 is 0. The third-order valence-electron chi connectivity index (χ3n) is 3.64. The first-order valence-corrected chi connectivity index (χ1v) is 6.50. The van der Waals surface area contributed by atoms with Crippen molar-refractivity contribution in [3.05, 3.63) is 35.1 Å². The maximum absolute atomic E-state index is 13.7. The second-order valence-corrected chi connectivity index (χ2v) is 5.01. The molecule has 0 aliphatic carbocycles. The lowest BCUT2D eigenvalue weighted by Gasteiger charge is -2.31. The van der Waals surface area contributed by atoms with Crippen LogP contribution in [0.3, 0.4) is 0 Å². The molecule has 0 saturated carbocycles. The Labute approximate surface area is 112 Å². The van der Waals surface area contributed by atoms with Crippen LogP contribution in [0.5, 0.6) is 0 Å². The van der Waals surface area contributed by atoms with Crippen molar-refractivity contribution in [2.45, 2.75) is 25.4 Å². The van der Waals surface area contributed by atoms with Gasteiger partial charge >= 0.3 is 5.97 Å². The molecule has 1 aromatic rings. The normalized spacial score (nSPS) is 16.8. The second kappa shape index (κ2) is 6.12. The summed E-state index contributed by atoms with van der Waals surface area (Å²) in [4.78, 5) is 13.0. The van der Waals surface area contributed by atoms with Gasteiger partial charge in [-0.2, -0.15) is 0 Å². The highest BCUT2D eigenvalue weighted by molar-refractivity contribution is 5.87. The van der Waals surface area contributed by atoms with Gasteiger partial charge in [0.1, 0.15) is 5.82 Å². The average Bonchev–Trinajstić information content (AvgIpc) is 2.42. The van der Waals surface area contributed by atoms with E-state index in [0.29, 0.717) is 18.2 Å². The van der Waals surface area contributed by atoms with Crippen LogP contribution in [0.25, 0.3) is 0 Å². The molecule has 0 atom stereocenters. The zero-order valence-corrected chi connectivity index (χ0v) is 11.0. The lowest BCUT2D eigenvalue weighted by Crippen LogP contribution is -2.40. The Morgan fingerprint density at radius 2 is 2.16 bits per heavy atom. The Hall–Kier alpha value is -1.46. The Kier molecular flexibility index (Phi) is 4.50. The van der Waals surface area contributed by atoms with Crippen LogP contribution in [-0.2, 0) is 6.54 Å². The van der Waals surface area contributed by atoms with Crippen molar-refractivity contribution in [3.8, 4) is 0 Å². The monoisotopic (exact) mass is 266 g/mol. The maximum Gasteiger partial charge on any atom is 0.335 e. The van der Waals surface area contributed by atoms with Crippen LogP contribution in [0.15, 0.2) is 18.2 Å². The molecule has 104 valence electrons. The first kappa shape index (κ1) is 14.0. The summed E-state index contributed by atoms with van der Waals surface area (Å²) in [5.41, 5.74) is 0.580. The average molecular weight is 266 g/mol. The number of piperidine rings is 1. The van der Waals surface area contributed by atoms with Gasteiger partial charge in [0.15, 0.2) is 0 Å². The first-order chi connectivity index (χ1) is 9.08. The summed E-state index contributed by atoms with van der Waals surface area (Å²) < 4.78 is 13.7. The van der Waals surface area contributed by atoms with Crippen LogP contribution in [0, 0.1) is 5.82 Å². The molecule has 0 aromatic heterocycles. The predicted octanol–water partition coefficient (Wildman–Crippen LogP) is 1.71. The lowest BCUT2D eigenvalue weighted by atomic mass is 10.0. The van der Waals surface area contributed by atoms with Crippen LogP contribution in [0.1, 0.15) is 28.8 Å². The maximum atomic E-state index is 13.7. The van der Waals surface area contributed by atoms with E-state index in [1.165, 1.54) is 18.2 Å². The van der Waals surface area contributed by atoms with Crippen LogP contribution < -0.4 is 5.32 Å². The van der Waals surface area contributed by atoms with Crippen LogP contribution in [0.4, 0.5) is 4.39 Å². The van der Waals surface area contributed by atoms with Crippen molar-refractivity contribution >= 4 is 5.97 Å². The minimum absolute atomic E-state index is 0.134. The van der Waals surface area contributed by atoms with E-state index in [9.17, 15) is 9.18 Å². The molecule has 19 heavy (non-hydrogen) atoms. The number of nitrogens with one attached hydrogen (secondary N) is 1. The molecule has 5 heteroatoms. The summed E-state index contributed by atoms with van der Waals surface area (Å²) in [7, 11) is 1.96. The largest absolute Gasteiger partial charge is 0.478 e. The van der Waals surface area contributed by atoms with Crippen molar-refractivity contribution in [2.24, 2.45) is 0 Å². The van der Waals surface area contributed by atoms with Gasteiger partial charge in [-0.05, 0) is 51.2 Å². The first-order valence-electron chi connectivity index (χ1n) is 6.50. The Balaban J connectivity index is 2.08. The van der Waals surface area contributed by atoms with E-state index >= 15 is 0 Å². The minimum Gasteiger partial charge on any atom is -0.478 e. The molecule has 0 amide bonds. The van der Waals surface area contributed by atoms with E-state index in [4.69, 9.17) is 5.11 Å². The molecule has 2 rings (SSSR count). The highest BCUT2D eigenvalue weighted by Gasteiger charge is 2.19. The van der Waals surface area contributed by atoms with Gasteiger partial charge in [-0.3, -0.25) is 4.90 Å². The standard InChI is InChI=1S/C14H19FN2O2/c1-17(12-4-6-16-7-5-12)9-11-8-10(14(18)19)2-3-13(11)15/h2-3,8,12,16H,4-7,9H2,1H3,(H,18,19). The molecular formula is C14H19FN2O2. The summed E-state index contributed by atoms with van der Waals surface area (Å²) in [6.07, 6.45) is 2.08. The molecular weight excluding hydrogens is 247 g/mol. The van der Waals surface area contributed by atoms with Crippen LogP contribution in [-0.4, -0.2) is 42.2 Å². The van der Waals surface area contributed by atoms with E-state index in [1.807, 2.05) is 7.05 Å². The van der Waals surface area contributed by atoms with Gasteiger partial charge in [0.05, 0.1) is 5.56 Å². The number of carboxylic acid groups (broad SMARTS) is 1. The molecule has 1 saturated heterocycles. The molecule has 0 spiro atoms. The fourth-order valence-corrected chi connectivity index (χ4v) is 2.47. The minimum atomic E-state index is -1.02. The van der Waals surface area contributed by atoms with Gasteiger partial charge in [-0.15, -0.1) is 0 Å². The number of carboxylic acids is 1. The lowest BCUT2D eigenvalue weighted by molar-refractivity contribution is 0.0696. The van der Waals surface area contributed by atoms with Crippen LogP contribution in [0.2, 0.25) is 0 Å². The van der Waals surface area contributed by atoms with Gasteiger partial charge in [-0.25, -0.2) is 9.18 Å². The number of benzene rings is 1. The molecule has 1 aliphatic heterocycles. The highest BCUT2D eigenvalue weighted by atomic mass is 19.1. The molecule has 4 nitrogen and oxygen atoms in total. The number of hydrogen-bond acceptors (Lipinski definition) is 3. The third-order valence-corrected chi connectivity index (χ3v) is 3.64. The van der Waals surface area contributed by atoms with Gasteiger partial charge in [0.2, 0.25) is 0 Å². The van der Waals surface area contributed by atoms with Crippen molar-refractivity contribution < 1.29 is 14.3 Å². The van der Waals surface area contributed by atoms with E-state index in [0.717, 1.165) is 25.9 Å². The SMILES string of the molecule is CN(Cc1cc(C(=O)O)ccc1F)C1CCNCC1. The van der Waals surface area contributed by atoms with Crippen molar-refractivity contribution in [3.63, 3.8) is 0 Å². The second-order valence-electron chi connectivity index (χ2n) is 5.01. The van der Waals surface area contributed by atoms with Crippen LogP contribution >= 0.6 is 0 Å². The molecule has 0 bridgehead atoms. The van der Waals surface area contributed by atoms with Gasteiger partial charge in [-0.1, -0.05) is 0 Å². The number of aromatic carboxylic acids is 1. The number of halogens is 1. The third kappa shape index (κ3) is 3.52. The highest BCUT2D eigenvalue weighted by Crippen LogP contribution is 2.17. The number of nitrogens with zero attached hydrogens (tertiary/aromatic N) is 1. The predicted molar refractivity (Wildman–Crippen MR) is 70.7 cm³/mol. The topological polar surface area (TPSA) is 52.6 Å². The van der Waals surface area contributed by atoms with E-state index in [2.05, 4.69) is 10.2 Å². The van der Waals surface area contributed by atoms with Gasteiger partial charge in [0.25, 0.3) is 0 Å². The Bertz CT molecular complexity index is 459. The number of carbonyl (C=O) groups is 1. The van der Waals surface area contributed by atoms with Crippen molar-refractivity contribution in [1.82, 2.24) is 10.2 Å². The summed E-state index contributed by atoms with van der Waals surface area (Å²) in [5.74, 6) is -1.36. The fourth-order valence-electron chi connectivity index (χ4n) is 2.47. The fraction of sp³-hybridized carbons (Fsp3) is 0.500. The molecule has 0 unspecified atom stereocenters. The van der Waals surface area contributed by atoms with Crippen molar-refractivity contribution in [2.75, 3.05) is 20.1 Å². The molecule has 1 fully saturated rings. The molecule has 1 aliphatic rings. The van der Waals surface area contributed by atoms with Crippen molar-refractivity contribution in [1.29, 1.82) is 0 Å². The molecule has 1 aromatic carbocycles. The summed E-state index contributed by atoms with van der Waals surface area (Å²) in [6.45, 7) is 2.40. The zero-order chi connectivity index (χ0) is 13.8. The van der Waals surface area contributed by atoms with Gasteiger partial charge < -0.3 is 10.4 Å². The Morgan fingerprint density at radius 3 is 2.79 bits per heavy atom. The summed E-state index contributed by atoms with van der Waals surface area (Å²) in [6, 6.07) is 4.38. The number of hydrogen-bond donors (Lipinski definition) is 2. The molecule has 1 heterocycles. The quantitative estimate of drug-likeness (QED) is 0.871. The molecule has 2 N–H and O–H groups in total. The number of rotatable bonds is 4. The van der Waals surface area contributed by atoms with E-state index in [-0.39, 0.29) is 11.4 Å². The Morgan fingerprint density at radius 1 is 1.47 bits per heavy atom. The zero-order valence-electron chi connectivity index (χ0n) is 11.0. The smallest absolute Gasteiger partial charge is 0.335 e. The molecule has 0 radical (unpaired) electrons. The van der Waals surface area contributed by atoms with E-state index < -0.39 is 5.97 Å². The summed E-state index contributed by atoms with van der Waals surface area (Å²) in [5, 5.41) is 12.2. The van der Waals surface area contributed by atoms with Gasteiger partial charge in [0, 0.05) is 18.2 Å². The van der Waals surface area contributed by atoms with E-state index in [1.54, 1.807) is 0 Å².